The van der Waals surface area contributed by atoms with Gasteiger partial charge in [-0.05, 0) is 25.1 Å². The van der Waals surface area contributed by atoms with Gasteiger partial charge in [0.2, 0.25) is 5.88 Å². The fourth-order valence-electron chi connectivity index (χ4n) is 1.46. The number of aromatic nitrogens is 2. The molecule has 1 heterocycles. The Kier molecular flexibility index (Phi) is 3.88. The number of nitriles is 1. The summed E-state index contributed by atoms with van der Waals surface area (Å²) in [6.45, 7) is 2.33. The van der Waals surface area contributed by atoms with E-state index in [9.17, 15) is 4.39 Å². The minimum atomic E-state index is -0.518. The molecule has 0 unspecified atom stereocenters. The molecule has 0 saturated heterocycles. The predicted octanol–water partition coefficient (Wildman–Crippen LogP) is 2.63. The summed E-state index contributed by atoms with van der Waals surface area (Å²) in [5.41, 5.74) is 0.501. The molecule has 0 aliphatic heterocycles. The largest absolute Gasteiger partial charge is 0.478 e. The summed E-state index contributed by atoms with van der Waals surface area (Å²) in [7, 11) is 0. The van der Waals surface area contributed by atoms with Gasteiger partial charge in [-0.2, -0.15) is 5.26 Å². The van der Waals surface area contributed by atoms with E-state index in [1.807, 2.05) is 13.0 Å². The van der Waals surface area contributed by atoms with Gasteiger partial charge in [0, 0.05) is 6.07 Å². The van der Waals surface area contributed by atoms with Crippen LogP contribution >= 0.6 is 0 Å². The molecule has 0 aliphatic carbocycles. The fraction of sp³-hybridized carbons (Fsp3) is 0.154. The maximum absolute atomic E-state index is 13.7. The van der Waals surface area contributed by atoms with Gasteiger partial charge in [-0.1, -0.05) is 0 Å². The Balaban J connectivity index is 2.21. The summed E-state index contributed by atoms with van der Waals surface area (Å²) in [4.78, 5) is 7.88. The molecule has 96 valence electrons. The van der Waals surface area contributed by atoms with Gasteiger partial charge in [-0.3, -0.25) is 0 Å². The van der Waals surface area contributed by atoms with E-state index in [0.29, 0.717) is 18.3 Å². The van der Waals surface area contributed by atoms with Crippen LogP contribution in [0.1, 0.15) is 12.5 Å². The Labute approximate surface area is 109 Å². The highest BCUT2D eigenvalue weighted by Gasteiger charge is 2.05. The van der Waals surface area contributed by atoms with Crippen LogP contribution in [-0.2, 0) is 0 Å². The standard InChI is InChI=1S/C13H11FN4O/c1-2-19-13-6-12(16-8-17-13)18-11-4-3-9(7-15)5-10(11)14/h3-6,8H,2H2,1H3,(H,16,17,18). The molecule has 0 atom stereocenters. The van der Waals surface area contributed by atoms with Gasteiger partial charge in [0.15, 0.2) is 0 Å². The van der Waals surface area contributed by atoms with Crippen LogP contribution in [0, 0.1) is 17.1 Å². The van der Waals surface area contributed by atoms with Crippen molar-refractivity contribution in [1.82, 2.24) is 9.97 Å². The monoisotopic (exact) mass is 258 g/mol. The van der Waals surface area contributed by atoms with E-state index in [2.05, 4.69) is 15.3 Å². The van der Waals surface area contributed by atoms with Gasteiger partial charge in [0.25, 0.3) is 0 Å². The lowest BCUT2D eigenvalue weighted by atomic mass is 10.2. The number of ether oxygens (including phenoxy) is 1. The second kappa shape index (κ2) is 5.78. The number of rotatable bonds is 4. The van der Waals surface area contributed by atoms with Crippen molar-refractivity contribution in [1.29, 1.82) is 5.26 Å². The zero-order chi connectivity index (χ0) is 13.7. The number of hydrogen-bond donors (Lipinski definition) is 1. The maximum Gasteiger partial charge on any atom is 0.218 e. The second-order valence-corrected chi connectivity index (χ2v) is 3.61. The predicted molar refractivity (Wildman–Crippen MR) is 67.6 cm³/mol. The van der Waals surface area contributed by atoms with Crippen LogP contribution in [0.25, 0.3) is 0 Å². The molecular formula is C13H11FN4O. The van der Waals surface area contributed by atoms with Crippen LogP contribution < -0.4 is 10.1 Å². The highest BCUT2D eigenvalue weighted by molar-refractivity contribution is 5.58. The summed E-state index contributed by atoms with van der Waals surface area (Å²) < 4.78 is 18.9. The lowest BCUT2D eigenvalue weighted by Gasteiger charge is -2.08. The highest BCUT2D eigenvalue weighted by atomic mass is 19.1. The van der Waals surface area contributed by atoms with Crippen LogP contribution in [0.4, 0.5) is 15.9 Å². The number of nitrogens with one attached hydrogen (secondary N) is 1. The van der Waals surface area contributed by atoms with Gasteiger partial charge in [-0.25, -0.2) is 14.4 Å². The number of halogens is 1. The van der Waals surface area contributed by atoms with Crippen molar-refractivity contribution in [2.45, 2.75) is 6.92 Å². The number of benzene rings is 1. The number of nitrogens with zero attached hydrogens (tertiary/aromatic N) is 3. The molecule has 0 spiro atoms. The Hall–Kier alpha value is -2.68. The van der Waals surface area contributed by atoms with Gasteiger partial charge in [0.05, 0.1) is 23.9 Å². The molecule has 0 saturated carbocycles. The molecule has 2 aromatic rings. The second-order valence-electron chi connectivity index (χ2n) is 3.61. The summed E-state index contributed by atoms with van der Waals surface area (Å²) in [6.07, 6.45) is 1.33. The zero-order valence-electron chi connectivity index (χ0n) is 10.2. The molecule has 19 heavy (non-hydrogen) atoms. The SMILES string of the molecule is CCOc1cc(Nc2ccc(C#N)cc2F)ncn1. The van der Waals surface area contributed by atoms with Crippen molar-refractivity contribution in [2.75, 3.05) is 11.9 Å². The average Bonchev–Trinajstić information content (AvgIpc) is 2.42. The number of anilines is 2. The normalized spacial score (nSPS) is 9.74. The third-order valence-corrected chi connectivity index (χ3v) is 2.30. The van der Waals surface area contributed by atoms with Crippen molar-refractivity contribution < 1.29 is 9.13 Å². The van der Waals surface area contributed by atoms with E-state index < -0.39 is 5.82 Å². The molecule has 1 aromatic heterocycles. The summed E-state index contributed by atoms with van der Waals surface area (Å²) in [5.74, 6) is 0.312. The van der Waals surface area contributed by atoms with Gasteiger partial charge in [0.1, 0.15) is 18.0 Å². The fourth-order valence-corrected chi connectivity index (χ4v) is 1.46. The summed E-state index contributed by atoms with van der Waals surface area (Å²) in [5, 5.41) is 11.5. The highest BCUT2D eigenvalue weighted by Crippen LogP contribution is 2.21. The first-order valence-electron chi connectivity index (χ1n) is 5.64. The summed E-state index contributed by atoms with van der Waals surface area (Å²) in [6, 6.07) is 7.61. The zero-order valence-corrected chi connectivity index (χ0v) is 10.2. The van der Waals surface area contributed by atoms with Crippen LogP contribution in [0.15, 0.2) is 30.6 Å². The first kappa shape index (κ1) is 12.8. The number of hydrogen-bond acceptors (Lipinski definition) is 5. The van der Waals surface area contributed by atoms with Crippen molar-refractivity contribution in [2.24, 2.45) is 0 Å². The van der Waals surface area contributed by atoms with E-state index >= 15 is 0 Å². The molecule has 6 heteroatoms. The molecule has 0 aliphatic rings. The Morgan fingerprint density at radius 2 is 2.21 bits per heavy atom. The van der Waals surface area contributed by atoms with Crippen LogP contribution in [-0.4, -0.2) is 16.6 Å². The third kappa shape index (κ3) is 3.16. The Morgan fingerprint density at radius 3 is 2.89 bits per heavy atom. The first-order chi connectivity index (χ1) is 9.22. The Morgan fingerprint density at radius 1 is 1.37 bits per heavy atom. The molecule has 0 radical (unpaired) electrons. The molecule has 5 nitrogen and oxygen atoms in total. The molecular weight excluding hydrogens is 247 g/mol. The van der Waals surface area contributed by atoms with Crippen molar-refractivity contribution in [3.8, 4) is 11.9 Å². The summed E-state index contributed by atoms with van der Waals surface area (Å²) >= 11 is 0. The van der Waals surface area contributed by atoms with E-state index in [4.69, 9.17) is 10.00 Å². The smallest absolute Gasteiger partial charge is 0.218 e. The molecule has 1 aromatic carbocycles. The van der Waals surface area contributed by atoms with Crippen LogP contribution in [0.2, 0.25) is 0 Å². The quantitative estimate of drug-likeness (QED) is 0.912. The van der Waals surface area contributed by atoms with E-state index in [0.717, 1.165) is 6.07 Å². The van der Waals surface area contributed by atoms with Crippen molar-refractivity contribution >= 4 is 11.5 Å². The molecule has 1 N–H and O–H groups in total. The maximum atomic E-state index is 13.7. The van der Waals surface area contributed by atoms with Gasteiger partial charge < -0.3 is 10.1 Å². The molecule has 0 amide bonds. The Bertz CT molecular complexity index is 624. The minimum absolute atomic E-state index is 0.236. The first-order valence-corrected chi connectivity index (χ1v) is 5.64. The van der Waals surface area contributed by atoms with Crippen LogP contribution in [0.3, 0.4) is 0 Å². The molecule has 0 bridgehead atoms. The van der Waals surface area contributed by atoms with Crippen molar-refractivity contribution in [3.63, 3.8) is 0 Å². The topological polar surface area (TPSA) is 70.8 Å². The van der Waals surface area contributed by atoms with Gasteiger partial charge >= 0.3 is 0 Å². The van der Waals surface area contributed by atoms with E-state index in [1.165, 1.54) is 18.5 Å². The lowest BCUT2D eigenvalue weighted by molar-refractivity contribution is 0.326. The van der Waals surface area contributed by atoms with Gasteiger partial charge in [-0.15, -0.1) is 0 Å². The molecule has 2 rings (SSSR count). The third-order valence-electron chi connectivity index (χ3n) is 2.30. The molecule has 0 fully saturated rings. The minimum Gasteiger partial charge on any atom is -0.478 e. The lowest BCUT2D eigenvalue weighted by Crippen LogP contribution is -2.00. The van der Waals surface area contributed by atoms with Crippen molar-refractivity contribution in [3.05, 3.63) is 42.0 Å². The van der Waals surface area contributed by atoms with E-state index in [1.54, 1.807) is 6.07 Å². The average molecular weight is 258 g/mol. The van der Waals surface area contributed by atoms with Crippen LogP contribution in [0.5, 0.6) is 5.88 Å². The van der Waals surface area contributed by atoms with E-state index in [-0.39, 0.29) is 11.3 Å².